The minimum Gasteiger partial charge on any atom is -0.365 e. The quantitative estimate of drug-likeness (QED) is 0.418. The molecule has 2 aliphatic heterocycles. The fraction of sp³-hybridized carbons (Fsp3) is 0.379. The van der Waals surface area contributed by atoms with Crippen LogP contribution in [-0.2, 0) is 4.74 Å². The number of hydrazine groups is 1. The number of hydrogen-bond donors (Lipinski definition) is 1. The Labute approximate surface area is 226 Å². The number of pyridine rings is 1. The van der Waals surface area contributed by atoms with Gasteiger partial charge < -0.3 is 10.1 Å². The molecular weight excluding hydrogens is 506 g/mol. The molecular formula is C29H32F2N4O2S. The van der Waals surface area contributed by atoms with E-state index in [1.54, 1.807) is 47.2 Å². The number of benzene rings is 2. The van der Waals surface area contributed by atoms with Crippen LogP contribution in [0.3, 0.4) is 0 Å². The number of aromatic nitrogens is 1. The van der Waals surface area contributed by atoms with Crippen LogP contribution in [0.4, 0.5) is 8.78 Å². The molecule has 2 saturated heterocycles. The van der Waals surface area contributed by atoms with Gasteiger partial charge in [0.15, 0.2) is 0 Å². The van der Waals surface area contributed by atoms with Crippen molar-refractivity contribution in [3.63, 3.8) is 0 Å². The van der Waals surface area contributed by atoms with E-state index >= 15 is 0 Å². The lowest BCUT2D eigenvalue weighted by atomic mass is 10.00. The Morgan fingerprint density at radius 1 is 1.08 bits per heavy atom. The molecule has 3 aromatic rings. The van der Waals surface area contributed by atoms with Crippen molar-refractivity contribution in [1.29, 1.82) is 0 Å². The lowest BCUT2D eigenvalue weighted by Gasteiger charge is -2.40. The van der Waals surface area contributed by atoms with Crippen LogP contribution in [-0.4, -0.2) is 58.9 Å². The Morgan fingerprint density at radius 2 is 1.71 bits per heavy atom. The summed E-state index contributed by atoms with van der Waals surface area (Å²) in [5.41, 5.74) is 3.05. The summed E-state index contributed by atoms with van der Waals surface area (Å²) >= 11 is 1.79. The zero-order valence-electron chi connectivity index (χ0n) is 21.4. The number of piperidine rings is 1. The number of ether oxygens (including phenoxy) is 1. The maximum Gasteiger partial charge on any atom is 0.287 e. The van der Waals surface area contributed by atoms with Crippen molar-refractivity contribution in [3.8, 4) is 0 Å². The van der Waals surface area contributed by atoms with E-state index in [9.17, 15) is 13.6 Å². The van der Waals surface area contributed by atoms with Crippen LogP contribution in [0.5, 0.6) is 0 Å². The van der Waals surface area contributed by atoms with Crippen LogP contribution < -0.4 is 5.32 Å². The summed E-state index contributed by atoms with van der Waals surface area (Å²) in [5.74, 6) is 0.284. The van der Waals surface area contributed by atoms with Gasteiger partial charge >= 0.3 is 0 Å². The summed E-state index contributed by atoms with van der Waals surface area (Å²) in [4.78, 5) is 18.1. The molecule has 1 amide bonds. The highest BCUT2D eigenvalue weighted by atomic mass is 32.2. The Morgan fingerprint density at radius 3 is 2.26 bits per heavy atom. The van der Waals surface area contributed by atoms with Crippen molar-refractivity contribution in [3.05, 3.63) is 101 Å². The number of rotatable bonds is 8. The van der Waals surface area contributed by atoms with Crippen molar-refractivity contribution >= 4 is 17.7 Å². The molecule has 3 heterocycles. The molecule has 2 fully saturated rings. The molecule has 2 aliphatic rings. The first-order chi connectivity index (χ1) is 18.5. The number of hydrogen-bond acceptors (Lipinski definition) is 6. The van der Waals surface area contributed by atoms with Crippen molar-refractivity contribution in [2.75, 3.05) is 31.9 Å². The standard InChI is InChI=1S/C29H32F2N4O2S/c1-2-35(29(36)26-25(4-3-15-32-26)28-33-16-19-38-28)34-17-13-24(14-18-34)37-27(20-5-9-22(30)10-6-20)21-7-11-23(31)12-8-21/h3-12,15,24,27-28,33H,2,13-14,16-19H2,1H3. The molecule has 1 aromatic heterocycles. The average Bonchev–Trinajstić information content (AvgIpc) is 3.49. The molecule has 0 aliphatic carbocycles. The molecule has 1 N–H and O–H groups in total. The first-order valence-corrected chi connectivity index (χ1v) is 14.1. The Hall–Kier alpha value is -2.85. The number of carbonyl (C=O) groups is 1. The molecule has 0 bridgehead atoms. The molecule has 200 valence electrons. The Bertz CT molecular complexity index is 1170. The van der Waals surface area contributed by atoms with E-state index < -0.39 is 6.10 Å². The van der Waals surface area contributed by atoms with Gasteiger partial charge in [-0.15, -0.1) is 11.8 Å². The number of nitrogens with one attached hydrogen (secondary N) is 1. The molecule has 2 aromatic carbocycles. The fourth-order valence-electron chi connectivity index (χ4n) is 5.06. The van der Waals surface area contributed by atoms with Crippen LogP contribution >= 0.6 is 11.8 Å². The highest BCUT2D eigenvalue weighted by Gasteiger charge is 2.32. The molecule has 0 spiro atoms. The summed E-state index contributed by atoms with van der Waals surface area (Å²) in [7, 11) is 0. The second-order valence-electron chi connectivity index (χ2n) is 9.44. The van der Waals surface area contributed by atoms with Gasteiger partial charge in [-0.2, -0.15) is 0 Å². The van der Waals surface area contributed by atoms with Gasteiger partial charge in [0.25, 0.3) is 5.91 Å². The van der Waals surface area contributed by atoms with Gasteiger partial charge in [-0.25, -0.2) is 13.8 Å². The van der Waals surface area contributed by atoms with Gasteiger partial charge in [0.2, 0.25) is 0 Å². The van der Waals surface area contributed by atoms with E-state index in [0.29, 0.717) is 25.3 Å². The van der Waals surface area contributed by atoms with Crippen LogP contribution in [0, 0.1) is 11.6 Å². The van der Waals surface area contributed by atoms with Gasteiger partial charge in [0, 0.05) is 43.7 Å². The second kappa shape index (κ2) is 12.3. The van der Waals surface area contributed by atoms with Gasteiger partial charge in [-0.3, -0.25) is 14.8 Å². The minimum absolute atomic E-state index is 0.0651. The molecule has 0 radical (unpaired) electrons. The molecule has 1 atom stereocenters. The smallest absolute Gasteiger partial charge is 0.287 e. The lowest BCUT2D eigenvalue weighted by molar-refractivity contribution is -0.0746. The van der Waals surface area contributed by atoms with Gasteiger partial charge in [0.1, 0.15) is 23.4 Å². The maximum atomic E-state index is 13.6. The average molecular weight is 539 g/mol. The van der Waals surface area contributed by atoms with E-state index in [1.807, 2.05) is 19.1 Å². The van der Waals surface area contributed by atoms with Gasteiger partial charge in [-0.05, 0) is 61.2 Å². The third kappa shape index (κ3) is 6.07. The lowest BCUT2D eigenvalue weighted by Crippen LogP contribution is -2.51. The van der Waals surface area contributed by atoms with Crippen molar-refractivity contribution < 1.29 is 18.3 Å². The molecule has 9 heteroatoms. The maximum absolute atomic E-state index is 13.6. The highest BCUT2D eigenvalue weighted by molar-refractivity contribution is 7.99. The number of halogens is 2. The normalized spacial score (nSPS) is 18.7. The summed E-state index contributed by atoms with van der Waals surface area (Å²) in [6.07, 6.45) is 2.61. The first kappa shape index (κ1) is 26.7. The monoisotopic (exact) mass is 538 g/mol. The van der Waals surface area contributed by atoms with Crippen LogP contribution in [0.15, 0.2) is 66.9 Å². The summed E-state index contributed by atoms with van der Waals surface area (Å²) in [5, 5.41) is 7.40. The predicted molar refractivity (Wildman–Crippen MR) is 144 cm³/mol. The number of carbonyl (C=O) groups excluding carboxylic acids is 1. The van der Waals surface area contributed by atoms with E-state index in [0.717, 1.165) is 41.8 Å². The summed E-state index contributed by atoms with van der Waals surface area (Å²) < 4.78 is 33.7. The number of thioether (sulfide) groups is 1. The number of nitrogens with zero attached hydrogens (tertiary/aromatic N) is 3. The second-order valence-corrected chi connectivity index (χ2v) is 10.7. The van der Waals surface area contributed by atoms with Crippen LogP contribution in [0.2, 0.25) is 0 Å². The highest BCUT2D eigenvalue weighted by Crippen LogP contribution is 2.33. The largest absolute Gasteiger partial charge is 0.365 e. The third-order valence-electron chi connectivity index (χ3n) is 7.01. The van der Waals surface area contributed by atoms with Gasteiger partial charge in [0.05, 0.1) is 11.5 Å². The third-order valence-corrected chi connectivity index (χ3v) is 8.20. The van der Waals surface area contributed by atoms with Crippen molar-refractivity contribution in [2.45, 2.75) is 37.3 Å². The van der Waals surface area contributed by atoms with E-state index in [-0.39, 0.29) is 29.0 Å². The molecule has 6 nitrogen and oxygen atoms in total. The van der Waals surface area contributed by atoms with Crippen LogP contribution in [0.25, 0.3) is 0 Å². The predicted octanol–water partition coefficient (Wildman–Crippen LogP) is 5.34. The first-order valence-electron chi connectivity index (χ1n) is 13.1. The topological polar surface area (TPSA) is 57.7 Å². The SMILES string of the molecule is CCN(C(=O)c1ncccc1C1NCCS1)N1CCC(OC(c2ccc(F)cc2)c2ccc(F)cc2)CC1. The van der Waals surface area contributed by atoms with E-state index in [4.69, 9.17) is 4.74 Å². The van der Waals surface area contributed by atoms with Crippen molar-refractivity contribution in [1.82, 2.24) is 20.3 Å². The molecule has 5 rings (SSSR count). The van der Waals surface area contributed by atoms with Gasteiger partial charge in [-0.1, -0.05) is 30.3 Å². The zero-order chi connectivity index (χ0) is 26.5. The van der Waals surface area contributed by atoms with E-state index in [1.165, 1.54) is 24.3 Å². The fourth-order valence-corrected chi connectivity index (χ4v) is 6.14. The van der Waals surface area contributed by atoms with Crippen LogP contribution in [0.1, 0.15) is 58.4 Å². The minimum atomic E-state index is -0.441. The van der Waals surface area contributed by atoms with Crippen molar-refractivity contribution in [2.24, 2.45) is 0 Å². The molecule has 38 heavy (non-hydrogen) atoms. The Balaban J connectivity index is 1.27. The summed E-state index contributed by atoms with van der Waals surface area (Å²) in [6.45, 7) is 4.74. The zero-order valence-corrected chi connectivity index (χ0v) is 22.2. The Kier molecular flexibility index (Phi) is 8.68. The molecule has 1 unspecified atom stereocenters. The van der Waals surface area contributed by atoms with E-state index in [2.05, 4.69) is 15.3 Å². The molecule has 0 saturated carbocycles. The number of amides is 1. The summed E-state index contributed by atoms with van der Waals surface area (Å²) in [6, 6.07) is 16.3.